The van der Waals surface area contributed by atoms with Gasteiger partial charge in [0.25, 0.3) is 0 Å². The molecule has 2 aromatic heterocycles. The number of amides is 1. The summed E-state index contributed by atoms with van der Waals surface area (Å²) in [6.45, 7) is 1.41. The van der Waals surface area contributed by atoms with E-state index in [0.717, 1.165) is 35.1 Å². The molecular weight excluding hydrogens is 330 g/mol. The largest absolute Gasteiger partial charge is 0.497 e. The number of ether oxygens (including phenoxy) is 1. The number of fused-ring (bicyclic) bond motifs is 1. The molecule has 26 heavy (non-hydrogen) atoms. The first-order valence-corrected chi connectivity index (χ1v) is 8.32. The summed E-state index contributed by atoms with van der Waals surface area (Å²) in [5.74, 6) is 1.23. The van der Waals surface area contributed by atoms with Crippen LogP contribution in [0.3, 0.4) is 0 Å². The number of carbonyl (C=O) groups excluding carboxylic acids is 1. The molecule has 0 bridgehead atoms. The molecule has 0 aliphatic carbocycles. The number of nitrogens with two attached hydrogens (primary N) is 1. The summed E-state index contributed by atoms with van der Waals surface area (Å²) in [5, 5.41) is 0. The van der Waals surface area contributed by atoms with Crippen LogP contribution in [0.25, 0.3) is 0 Å². The van der Waals surface area contributed by atoms with Gasteiger partial charge < -0.3 is 20.4 Å². The van der Waals surface area contributed by atoms with Gasteiger partial charge in [0.05, 0.1) is 36.9 Å². The maximum absolute atomic E-state index is 11.3. The van der Waals surface area contributed by atoms with Gasteiger partial charge in [-0.2, -0.15) is 0 Å². The summed E-state index contributed by atoms with van der Waals surface area (Å²) in [4.78, 5) is 25.6. The molecule has 3 aromatic rings. The topological polar surface area (TPSA) is 97.1 Å². The molecule has 7 nitrogen and oxygen atoms in total. The van der Waals surface area contributed by atoms with Crippen molar-refractivity contribution in [2.24, 2.45) is 5.73 Å². The SMILES string of the molecule is COc1cccc(C2CN(c3ccc(C(N)=O)cn3)Cc3[nH]cnc32)c1. The van der Waals surface area contributed by atoms with Crippen molar-refractivity contribution < 1.29 is 9.53 Å². The number of carbonyl (C=O) groups is 1. The van der Waals surface area contributed by atoms with Crippen LogP contribution in [0.15, 0.2) is 48.9 Å². The van der Waals surface area contributed by atoms with Gasteiger partial charge in [-0.1, -0.05) is 12.1 Å². The van der Waals surface area contributed by atoms with E-state index in [-0.39, 0.29) is 5.92 Å². The molecule has 0 fully saturated rings. The highest BCUT2D eigenvalue weighted by molar-refractivity contribution is 5.92. The van der Waals surface area contributed by atoms with Gasteiger partial charge in [0.15, 0.2) is 0 Å². The second-order valence-electron chi connectivity index (χ2n) is 6.25. The minimum Gasteiger partial charge on any atom is -0.497 e. The normalized spacial score (nSPS) is 16.2. The Hall–Kier alpha value is -3.35. The van der Waals surface area contributed by atoms with E-state index in [9.17, 15) is 4.79 Å². The molecule has 1 amide bonds. The van der Waals surface area contributed by atoms with Gasteiger partial charge >= 0.3 is 0 Å². The molecule has 3 N–H and O–H groups in total. The van der Waals surface area contributed by atoms with Crippen molar-refractivity contribution in [1.29, 1.82) is 0 Å². The third-order valence-electron chi connectivity index (χ3n) is 4.69. The van der Waals surface area contributed by atoms with Crippen molar-refractivity contribution in [3.05, 3.63) is 71.4 Å². The van der Waals surface area contributed by atoms with Crippen LogP contribution in [0, 0.1) is 0 Å². The number of hydrogen-bond donors (Lipinski definition) is 2. The summed E-state index contributed by atoms with van der Waals surface area (Å²) in [5.41, 5.74) is 8.94. The van der Waals surface area contributed by atoms with E-state index in [1.807, 2.05) is 24.3 Å². The molecule has 1 aliphatic heterocycles. The van der Waals surface area contributed by atoms with Crippen molar-refractivity contribution in [1.82, 2.24) is 15.0 Å². The number of nitrogens with one attached hydrogen (secondary N) is 1. The van der Waals surface area contributed by atoms with E-state index >= 15 is 0 Å². The molecular formula is C19H19N5O2. The van der Waals surface area contributed by atoms with E-state index in [0.29, 0.717) is 12.1 Å². The van der Waals surface area contributed by atoms with Gasteiger partial charge in [0.2, 0.25) is 5.91 Å². The summed E-state index contributed by atoms with van der Waals surface area (Å²) < 4.78 is 5.36. The van der Waals surface area contributed by atoms with Crippen LogP contribution in [0.1, 0.15) is 33.2 Å². The number of aromatic amines is 1. The molecule has 1 aromatic carbocycles. The van der Waals surface area contributed by atoms with Gasteiger partial charge in [0.1, 0.15) is 11.6 Å². The van der Waals surface area contributed by atoms with Gasteiger partial charge in [-0.05, 0) is 29.8 Å². The molecule has 1 aliphatic rings. The number of methoxy groups -OCH3 is 1. The Balaban J connectivity index is 1.68. The monoisotopic (exact) mass is 349 g/mol. The van der Waals surface area contributed by atoms with Crippen molar-refractivity contribution in [2.45, 2.75) is 12.5 Å². The van der Waals surface area contributed by atoms with Gasteiger partial charge in [0, 0.05) is 18.7 Å². The number of H-pyrrole nitrogens is 1. The number of hydrogen-bond acceptors (Lipinski definition) is 5. The first kappa shape index (κ1) is 16.1. The van der Waals surface area contributed by atoms with Crippen LogP contribution < -0.4 is 15.4 Å². The number of aromatic nitrogens is 3. The molecule has 3 heterocycles. The molecule has 1 atom stereocenters. The number of imidazole rings is 1. The predicted molar refractivity (Wildman–Crippen MR) is 97.2 cm³/mol. The molecule has 0 saturated carbocycles. The second-order valence-corrected chi connectivity index (χ2v) is 6.25. The smallest absolute Gasteiger partial charge is 0.250 e. The van der Waals surface area contributed by atoms with Crippen LogP contribution >= 0.6 is 0 Å². The number of pyridine rings is 1. The zero-order chi connectivity index (χ0) is 18.1. The lowest BCUT2D eigenvalue weighted by Crippen LogP contribution is -2.34. The molecule has 4 rings (SSSR count). The van der Waals surface area contributed by atoms with Crippen LogP contribution in [-0.4, -0.2) is 34.5 Å². The quantitative estimate of drug-likeness (QED) is 0.751. The Bertz CT molecular complexity index is 935. The van der Waals surface area contributed by atoms with Crippen molar-refractivity contribution >= 4 is 11.7 Å². The third kappa shape index (κ3) is 2.88. The van der Waals surface area contributed by atoms with Crippen molar-refractivity contribution in [2.75, 3.05) is 18.6 Å². The van der Waals surface area contributed by atoms with E-state index in [1.54, 1.807) is 19.5 Å². The zero-order valence-electron chi connectivity index (χ0n) is 14.3. The average Bonchev–Trinajstić information content (AvgIpc) is 3.16. The van der Waals surface area contributed by atoms with Gasteiger partial charge in [-0.3, -0.25) is 4.79 Å². The van der Waals surface area contributed by atoms with E-state index in [2.05, 4.69) is 25.9 Å². The Morgan fingerprint density at radius 3 is 2.92 bits per heavy atom. The number of rotatable bonds is 4. The predicted octanol–water partition coefficient (Wildman–Crippen LogP) is 2.06. The molecule has 132 valence electrons. The first-order chi connectivity index (χ1) is 12.7. The first-order valence-electron chi connectivity index (χ1n) is 8.32. The van der Waals surface area contributed by atoms with Crippen LogP contribution in [0.5, 0.6) is 5.75 Å². The maximum Gasteiger partial charge on any atom is 0.250 e. The second kappa shape index (κ2) is 6.51. The molecule has 1 unspecified atom stereocenters. The van der Waals surface area contributed by atoms with Crippen LogP contribution in [0.4, 0.5) is 5.82 Å². The Kier molecular flexibility index (Phi) is 4.04. The Morgan fingerprint density at radius 2 is 2.19 bits per heavy atom. The highest BCUT2D eigenvalue weighted by Crippen LogP contribution is 2.34. The number of anilines is 1. The maximum atomic E-state index is 11.3. The lowest BCUT2D eigenvalue weighted by atomic mass is 9.90. The lowest BCUT2D eigenvalue weighted by molar-refractivity contribution is 0.1000. The Labute approximate surface area is 150 Å². The average molecular weight is 349 g/mol. The van der Waals surface area contributed by atoms with E-state index < -0.39 is 5.91 Å². The lowest BCUT2D eigenvalue weighted by Gasteiger charge is -2.33. The highest BCUT2D eigenvalue weighted by atomic mass is 16.5. The summed E-state index contributed by atoms with van der Waals surface area (Å²) in [6.07, 6.45) is 3.24. The number of nitrogens with zero attached hydrogens (tertiary/aromatic N) is 3. The fourth-order valence-corrected chi connectivity index (χ4v) is 3.34. The summed E-state index contributed by atoms with van der Waals surface area (Å²) in [7, 11) is 1.66. The highest BCUT2D eigenvalue weighted by Gasteiger charge is 2.29. The fourth-order valence-electron chi connectivity index (χ4n) is 3.34. The van der Waals surface area contributed by atoms with Crippen molar-refractivity contribution in [3.8, 4) is 5.75 Å². The minimum absolute atomic E-state index is 0.0951. The van der Waals surface area contributed by atoms with E-state index in [1.165, 1.54) is 6.20 Å². The van der Waals surface area contributed by atoms with Gasteiger partial charge in [-0.25, -0.2) is 9.97 Å². The summed E-state index contributed by atoms with van der Waals surface area (Å²) >= 11 is 0. The third-order valence-corrected chi connectivity index (χ3v) is 4.69. The minimum atomic E-state index is -0.479. The molecule has 0 spiro atoms. The van der Waals surface area contributed by atoms with Crippen molar-refractivity contribution in [3.63, 3.8) is 0 Å². The Morgan fingerprint density at radius 1 is 1.31 bits per heavy atom. The fraction of sp³-hybridized carbons (Fsp3) is 0.211. The summed E-state index contributed by atoms with van der Waals surface area (Å²) in [6, 6.07) is 11.6. The molecule has 0 radical (unpaired) electrons. The molecule has 0 saturated heterocycles. The zero-order valence-corrected chi connectivity index (χ0v) is 14.3. The van der Waals surface area contributed by atoms with Crippen LogP contribution in [-0.2, 0) is 6.54 Å². The number of primary amides is 1. The van der Waals surface area contributed by atoms with Crippen LogP contribution in [0.2, 0.25) is 0 Å². The molecule has 7 heteroatoms. The van der Waals surface area contributed by atoms with Gasteiger partial charge in [-0.15, -0.1) is 0 Å². The number of benzene rings is 1. The van der Waals surface area contributed by atoms with E-state index in [4.69, 9.17) is 10.5 Å². The standard InChI is InChI=1S/C19H19N5O2/c1-26-14-4-2-3-12(7-14)15-9-24(10-16-18(15)23-11-22-16)17-6-5-13(8-21-17)19(20)25/h2-8,11,15H,9-10H2,1H3,(H2,20,25)(H,22,23).